The van der Waals surface area contributed by atoms with Gasteiger partial charge in [-0.3, -0.25) is 39.2 Å². The second-order valence-electron chi connectivity index (χ2n) is 25.1. The Morgan fingerprint density at radius 1 is 0.403 bits per heavy atom. The SMILES string of the molecule is CC(C)N1CCCC(N(C)CCc2ccccc2)C1.CC(C)N1CCCC(N(C)Cc2ccccc2)C1.CC(C)N1CCCC(N2CCN(Cc3ccccc3)CC2)C1.CC(C)N1CCCC(N2Cc3ccccc3C2)C1. The third-order valence-corrected chi connectivity index (χ3v) is 18.3. The van der Waals surface area contributed by atoms with Gasteiger partial charge in [-0.1, -0.05) is 115 Å². The summed E-state index contributed by atoms with van der Waals surface area (Å²) >= 11 is 0. The summed E-state index contributed by atoms with van der Waals surface area (Å²) < 4.78 is 0. The number of piperidine rings is 4. The quantitative estimate of drug-likeness (QED) is 0.115. The molecule has 10 rings (SSSR count). The summed E-state index contributed by atoms with van der Waals surface area (Å²) in [4.78, 5) is 23.6. The van der Waals surface area contributed by atoms with E-state index >= 15 is 0 Å². The molecule has 4 aromatic carbocycles. The molecule has 6 aliphatic rings. The van der Waals surface area contributed by atoms with Gasteiger partial charge in [0, 0.05) is 133 Å². The molecular weight excluding hydrogens is 943 g/mol. The first-order valence-electron chi connectivity index (χ1n) is 31.0. The molecule has 0 bridgehead atoms. The van der Waals surface area contributed by atoms with E-state index in [-0.39, 0.29) is 0 Å². The van der Waals surface area contributed by atoms with Gasteiger partial charge < -0.3 is 4.90 Å². The van der Waals surface area contributed by atoms with Crippen LogP contribution in [-0.4, -0.2) is 192 Å². The lowest BCUT2D eigenvalue weighted by Gasteiger charge is -2.44. The average molecular weight is 1050 g/mol. The summed E-state index contributed by atoms with van der Waals surface area (Å²) in [7, 11) is 4.55. The maximum Gasteiger partial charge on any atom is 0.0244 e. The summed E-state index contributed by atoms with van der Waals surface area (Å²) in [5.74, 6) is 0. The van der Waals surface area contributed by atoms with Gasteiger partial charge in [0.15, 0.2) is 0 Å². The Balaban J connectivity index is 0.000000150. The minimum atomic E-state index is 0.679. The normalized spacial score (nSPS) is 23.6. The highest BCUT2D eigenvalue weighted by atomic mass is 15.3. The molecule has 0 aromatic heterocycles. The molecule has 77 heavy (non-hydrogen) atoms. The Kier molecular flexibility index (Phi) is 25.5. The van der Waals surface area contributed by atoms with Gasteiger partial charge in [0.2, 0.25) is 0 Å². The number of nitrogens with zero attached hydrogens (tertiary/aromatic N) is 9. The van der Waals surface area contributed by atoms with E-state index < -0.39 is 0 Å². The fourth-order valence-corrected chi connectivity index (χ4v) is 13.0. The highest BCUT2D eigenvalue weighted by Gasteiger charge is 2.32. The van der Waals surface area contributed by atoms with Crippen molar-refractivity contribution < 1.29 is 0 Å². The molecule has 4 aromatic rings. The molecule has 5 fully saturated rings. The molecule has 9 heteroatoms. The van der Waals surface area contributed by atoms with E-state index in [4.69, 9.17) is 0 Å². The van der Waals surface area contributed by atoms with Crippen LogP contribution in [0.4, 0.5) is 0 Å². The molecule has 5 saturated heterocycles. The van der Waals surface area contributed by atoms with Crippen molar-refractivity contribution in [2.75, 3.05) is 99.2 Å². The van der Waals surface area contributed by atoms with Crippen LogP contribution in [0.25, 0.3) is 0 Å². The van der Waals surface area contributed by atoms with E-state index in [1.54, 1.807) is 11.1 Å². The van der Waals surface area contributed by atoms with Crippen molar-refractivity contribution in [3.8, 4) is 0 Å². The van der Waals surface area contributed by atoms with E-state index in [1.165, 1.54) is 153 Å². The zero-order valence-electron chi connectivity index (χ0n) is 50.5. The Labute approximate surface area is 471 Å². The lowest BCUT2D eigenvalue weighted by molar-refractivity contribution is 0.0409. The summed E-state index contributed by atoms with van der Waals surface area (Å²) in [6.45, 7) is 39.2. The predicted molar refractivity (Wildman–Crippen MR) is 329 cm³/mol. The molecule has 4 unspecified atom stereocenters. The van der Waals surface area contributed by atoms with E-state index in [0.29, 0.717) is 30.2 Å². The minimum Gasteiger partial charge on any atom is -0.302 e. The number of likely N-dealkylation sites (N-methyl/N-ethyl adjacent to an activating group) is 2. The van der Waals surface area contributed by atoms with Crippen molar-refractivity contribution >= 4 is 0 Å². The van der Waals surface area contributed by atoms with Gasteiger partial charge in [0.05, 0.1) is 0 Å². The van der Waals surface area contributed by atoms with Crippen molar-refractivity contribution in [3.63, 3.8) is 0 Å². The van der Waals surface area contributed by atoms with Crippen molar-refractivity contribution in [2.24, 2.45) is 0 Å². The highest BCUT2D eigenvalue weighted by molar-refractivity contribution is 5.30. The van der Waals surface area contributed by atoms with Gasteiger partial charge in [-0.2, -0.15) is 0 Å². The zero-order chi connectivity index (χ0) is 54.5. The first-order chi connectivity index (χ1) is 37.3. The van der Waals surface area contributed by atoms with Gasteiger partial charge in [-0.05, 0) is 181 Å². The highest BCUT2D eigenvalue weighted by Crippen LogP contribution is 2.29. The minimum absolute atomic E-state index is 0.679. The smallest absolute Gasteiger partial charge is 0.0244 e. The molecule has 6 aliphatic heterocycles. The number of hydrogen-bond donors (Lipinski definition) is 0. The largest absolute Gasteiger partial charge is 0.302 e. The Morgan fingerprint density at radius 2 is 0.792 bits per heavy atom. The van der Waals surface area contributed by atoms with E-state index in [9.17, 15) is 0 Å². The van der Waals surface area contributed by atoms with Gasteiger partial charge in [-0.25, -0.2) is 0 Å². The predicted octanol–water partition coefficient (Wildman–Crippen LogP) is 11.6. The summed E-state index contributed by atoms with van der Waals surface area (Å²) in [6.07, 6.45) is 12.0. The van der Waals surface area contributed by atoms with Crippen molar-refractivity contribution in [3.05, 3.63) is 143 Å². The van der Waals surface area contributed by atoms with Crippen LogP contribution in [0.1, 0.15) is 135 Å². The Bertz CT molecular complexity index is 2150. The standard InChI is InChI=1S/C19H31N3.C17H28N2.C16H24N2.C16H26N2/c1-17(2)22-10-6-9-19(16-22)21-13-11-20(12-14-21)15-18-7-4-3-5-8-18;1-15(2)19-12-7-10-17(14-19)18(3)13-11-16-8-5-4-6-9-16;1-13(2)17-9-5-8-16(12-17)18-10-14-6-3-4-7-15(14)11-18;1-14(2)18-11-7-10-16(13-18)17(3)12-15-8-5-4-6-9-15/h3-5,7-8,17,19H,6,9-16H2,1-2H3;4-6,8-9,15,17H,7,10-14H2,1-3H3;3-4,6-7,13,16H,5,8-12H2,1-2H3;4-6,8-9,14,16H,7,10-13H2,1-3H3. The fourth-order valence-electron chi connectivity index (χ4n) is 13.0. The summed E-state index contributed by atoms with van der Waals surface area (Å²) in [5, 5.41) is 0. The molecule has 0 radical (unpaired) electrons. The maximum atomic E-state index is 2.75. The van der Waals surface area contributed by atoms with Crippen LogP contribution >= 0.6 is 0 Å². The zero-order valence-corrected chi connectivity index (χ0v) is 50.5. The van der Waals surface area contributed by atoms with Crippen LogP contribution in [0.3, 0.4) is 0 Å². The molecule has 0 spiro atoms. The van der Waals surface area contributed by atoms with Crippen LogP contribution in [-0.2, 0) is 32.6 Å². The Morgan fingerprint density at radius 3 is 1.26 bits per heavy atom. The lowest BCUT2D eigenvalue weighted by atomic mass is 10.0. The molecule has 426 valence electrons. The monoisotopic (exact) mass is 1050 g/mol. The second-order valence-corrected chi connectivity index (χ2v) is 25.1. The number of piperazine rings is 1. The number of hydrogen-bond acceptors (Lipinski definition) is 9. The summed E-state index contributed by atoms with van der Waals surface area (Å²) in [5.41, 5.74) is 7.39. The van der Waals surface area contributed by atoms with Crippen LogP contribution in [0, 0.1) is 0 Å². The third kappa shape index (κ3) is 19.9. The molecule has 4 atom stereocenters. The molecule has 0 amide bonds. The first-order valence-corrected chi connectivity index (χ1v) is 31.0. The van der Waals surface area contributed by atoms with Crippen molar-refractivity contribution in [2.45, 2.75) is 188 Å². The van der Waals surface area contributed by atoms with Crippen LogP contribution in [0.2, 0.25) is 0 Å². The molecule has 0 N–H and O–H groups in total. The lowest BCUT2D eigenvalue weighted by Crippen LogP contribution is -2.55. The molecule has 6 heterocycles. The van der Waals surface area contributed by atoms with Crippen LogP contribution < -0.4 is 0 Å². The average Bonchev–Trinajstić information content (AvgIpc) is 3.91. The molecule has 9 nitrogen and oxygen atoms in total. The van der Waals surface area contributed by atoms with Crippen LogP contribution in [0.5, 0.6) is 0 Å². The van der Waals surface area contributed by atoms with E-state index in [1.807, 2.05) is 0 Å². The first kappa shape index (κ1) is 61.1. The summed E-state index contributed by atoms with van der Waals surface area (Å²) in [6, 6.07) is 47.2. The number of likely N-dealkylation sites (tertiary alicyclic amines) is 4. The van der Waals surface area contributed by atoms with Gasteiger partial charge in [0.25, 0.3) is 0 Å². The van der Waals surface area contributed by atoms with Gasteiger partial charge in [-0.15, -0.1) is 0 Å². The fraction of sp³-hybridized carbons (Fsp3) is 0.647. The van der Waals surface area contributed by atoms with E-state index in [0.717, 1.165) is 50.7 Å². The third-order valence-electron chi connectivity index (χ3n) is 18.3. The maximum absolute atomic E-state index is 2.75. The number of rotatable bonds is 15. The topological polar surface area (TPSA) is 29.2 Å². The molecule has 0 saturated carbocycles. The van der Waals surface area contributed by atoms with E-state index in [2.05, 4.69) is 229 Å². The molecule has 0 aliphatic carbocycles. The number of fused-ring (bicyclic) bond motifs is 1. The number of benzene rings is 4. The van der Waals surface area contributed by atoms with Crippen molar-refractivity contribution in [1.82, 2.24) is 44.1 Å². The Hall–Kier alpha value is -3.48. The second kappa shape index (κ2) is 32.1. The van der Waals surface area contributed by atoms with Gasteiger partial charge in [0.1, 0.15) is 0 Å². The van der Waals surface area contributed by atoms with Crippen molar-refractivity contribution in [1.29, 1.82) is 0 Å². The van der Waals surface area contributed by atoms with Crippen LogP contribution in [0.15, 0.2) is 115 Å². The molecular formula is C68H109N9. The van der Waals surface area contributed by atoms with Gasteiger partial charge >= 0.3 is 0 Å².